The fourth-order valence-electron chi connectivity index (χ4n) is 1.41. The van der Waals surface area contributed by atoms with Crippen molar-refractivity contribution in [1.29, 1.82) is 0 Å². The number of carbonyl (C=O) groups is 1. The van der Waals surface area contributed by atoms with Gasteiger partial charge in [0, 0.05) is 0 Å². The Hall–Kier alpha value is -1.37. The summed E-state index contributed by atoms with van der Waals surface area (Å²) in [6.45, 7) is 5.20. The van der Waals surface area contributed by atoms with Crippen LogP contribution in [-0.4, -0.2) is 30.4 Å². The Balaban J connectivity index is 2.98. The van der Waals surface area contributed by atoms with Gasteiger partial charge >= 0.3 is 13.1 Å². The van der Waals surface area contributed by atoms with Gasteiger partial charge in [0.25, 0.3) is 0 Å². The molecule has 0 bridgehead atoms. The van der Waals surface area contributed by atoms with E-state index in [0.29, 0.717) is 5.46 Å². The molecule has 0 saturated carbocycles. The molecule has 0 aliphatic heterocycles. The van der Waals surface area contributed by atoms with Crippen LogP contribution in [0.5, 0.6) is 0 Å². The second-order valence-corrected chi connectivity index (χ2v) is 4.77. The van der Waals surface area contributed by atoms with Gasteiger partial charge in [-0.2, -0.15) is 0 Å². The summed E-state index contributed by atoms with van der Waals surface area (Å²) in [5, 5.41) is 9.74. The van der Waals surface area contributed by atoms with Gasteiger partial charge in [-0.1, -0.05) is 18.2 Å². The molecule has 0 radical (unpaired) electrons. The summed E-state index contributed by atoms with van der Waals surface area (Å²) >= 11 is 0. The topological polar surface area (TPSA) is 81.8 Å². The minimum atomic E-state index is -1.24. The van der Waals surface area contributed by atoms with Crippen molar-refractivity contribution in [3.8, 4) is 0 Å². The molecule has 98 valence electrons. The van der Waals surface area contributed by atoms with Crippen molar-refractivity contribution in [2.75, 3.05) is 6.73 Å². The largest absolute Gasteiger partial charge is 0.492 e. The van der Waals surface area contributed by atoms with Crippen LogP contribution in [0, 0.1) is 0 Å². The summed E-state index contributed by atoms with van der Waals surface area (Å²) in [6.07, 6.45) is 0. The lowest BCUT2D eigenvalue weighted by Crippen LogP contribution is -2.40. The average Bonchev–Trinajstić information content (AvgIpc) is 2.27. The maximum Gasteiger partial charge on any atom is 0.492 e. The molecule has 18 heavy (non-hydrogen) atoms. The Morgan fingerprint density at radius 2 is 2.00 bits per heavy atom. The number of benzene rings is 1. The molecule has 0 aliphatic carbocycles. The van der Waals surface area contributed by atoms with Crippen LogP contribution in [0.1, 0.15) is 31.1 Å². The molecule has 0 aromatic heterocycles. The number of esters is 1. The van der Waals surface area contributed by atoms with Crippen LogP contribution >= 0.6 is 0 Å². The van der Waals surface area contributed by atoms with E-state index in [1.807, 2.05) is 0 Å². The molecule has 1 rings (SSSR count). The van der Waals surface area contributed by atoms with Crippen LogP contribution in [0.4, 0.5) is 0 Å². The zero-order valence-electron chi connectivity index (χ0n) is 10.8. The summed E-state index contributed by atoms with van der Waals surface area (Å²) in [6, 6.07) is 6.57. The number of nitrogens with two attached hydrogens (primary N) is 1. The first kappa shape index (κ1) is 14.7. The molecule has 0 fully saturated rings. The van der Waals surface area contributed by atoms with Gasteiger partial charge in [-0.15, -0.1) is 0 Å². The molecule has 0 atom stereocenters. The minimum absolute atomic E-state index is 0.135. The predicted molar refractivity (Wildman–Crippen MR) is 69.4 cm³/mol. The number of hydrogen-bond acceptors (Lipinski definition) is 5. The van der Waals surface area contributed by atoms with Gasteiger partial charge in [0.15, 0.2) is 0 Å². The first-order chi connectivity index (χ1) is 8.35. The third kappa shape index (κ3) is 4.14. The van der Waals surface area contributed by atoms with Crippen molar-refractivity contribution >= 4 is 18.6 Å². The molecule has 0 spiro atoms. The molecule has 0 amide bonds. The highest BCUT2D eigenvalue weighted by Gasteiger charge is 2.26. The van der Waals surface area contributed by atoms with Gasteiger partial charge in [0.1, 0.15) is 5.60 Å². The van der Waals surface area contributed by atoms with Crippen molar-refractivity contribution in [3.05, 3.63) is 29.8 Å². The standard InChI is InChI=1S/C12H18BNO4/c1-12(2,3)18-11(15)9-6-4-5-7-10(9)13(16)17-8-14/h4-7,16H,8,14H2,1-3H3. The van der Waals surface area contributed by atoms with Gasteiger partial charge in [-0.05, 0) is 32.3 Å². The monoisotopic (exact) mass is 251 g/mol. The van der Waals surface area contributed by atoms with E-state index in [9.17, 15) is 9.82 Å². The van der Waals surface area contributed by atoms with Crippen LogP contribution in [0.25, 0.3) is 0 Å². The molecule has 0 heterocycles. The van der Waals surface area contributed by atoms with Crippen LogP contribution in [0.2, 0.25) is 0 Å². The number of ether oxygens (including phenoxy) is 1. The van der Waals surface area contributed by atoms with Crippen LogP contribution < -0.4 is 11.2 Å². The second-order valence-electron chi connectivity index (χ2n) is 4.77. The van der Waals surface area contributed by atoms with Crippen LogP contribution in [-0.2, 0) is 9.39 Å². The molecule has 0 unspecified atom stereocenters. The fraction of sp³-hybridized carbons (Fsp3) is 0.417. The third-order valence-electron chi connectivity index (χ3n) is 2.10. The molecular weight excluding hydrogens is 233 g/mol. The van der Waals surface area contributed by atoms with Crippen molar-refractivity contribution in [3.63, 3.8) is 0 Å². The van der Waals surface area contributed by atoms with E-state index in [1.165, 1.54) is 0 Å². The Morgan fingerprint density at radius 1 is 1.39 bits per heavy atom. The van der Waals surface area contributed by atoms with Crippen molar-refractivity contribution in [2.45, 2.75) is 26.4 Å². The quantitative estimate of drug-likeness (QED) is 0.455. The van der Waals surface area contributed by atoms with Crippen molar-refractivity contribution in [1.82, 2.24) is 0 Å². The van der Waals surface area contributed by atoms with Gasteiger partial charge < -0.3 is 20.1 Å². The summed E-state index contributed by atoms with van der Waals surface area (Å²) in [5.74, 6) is -0.502. The number of carbonyl (C=O) groups excluding carboxylic acids is 1. The van der Waals surface area contributed by atoms with E-state index in [4.69, 9.17) is 15.1 Å². The van der Waals surface area contributed by atoms with E-state index in [1.54, 1.807) is 45.0 Å². The first-order valence-electron chi connectivity index (χ1n) is 5.67. The summed E-state index contributed by atoms with van der Waals surface area (Å²) < 4.78 is 10.1. The Bertz CT molecular complexity index is 417. The Morgan fingerprint density at radius 3 is 2.56 bits per heavy atom. The molecule has 0 saturated heterocycles. The van der Waals surface area contributed by atoms with E-state index >= 15 is 0 Å². The maximum absolute atomic E-state index is 12.0. The average molecular weight is 251 g/mol. The maximum atomic E-state index is 12.0. The summed E-state index contributed by atoms with van der Waals surface area (Å²) in [7, 11) is -1.24. The van der Waals surface area contributed by atoms with E-state index in [-0.39, 0.29) is 12.3 Å². The molecule has 1 aromatic rings. The Labute approximate surface area is 107 Å². The predicted octanol–water partition coefficient (Wildman–Crippen LogP) is 0.262. The first-order valence-corrected chi connectivity index (χ1v) is 5.67. The number of rotatable bonds is 4. The lowest BCUT2D eigenvalue weighted by Gasteiger charge is -2.20. The van der Waals surface area contributed by atoms with Crippen LogP contribution in [0.15, 0.2) is 24.3 Å². The van der Waals surface area contributed by atoms with Gasteiger partial charge in [0.05, 0.1) is 12.3 Å². The highest BCUT2D eigenvalue weighted by molar-refractivity contribution is 6.61. The Kier molecular flexibility index (Phi) is 4.89. The van der Waals surface area contributed by atoms with Gasteiger partial charge in [-0.25, -0.2) is 4.79 Å². The number of hydrogen-bond donors (Lipinski definition) is 2. The van der Waals surface area contributed by atoms with Gasteiger partial charge in [0.2, 0.25) is 0 Å². The molecule has 1 aromatic carbocycles. The zero-order chi connectivity index (χ0) is 13.8. The lowest BCUT2D eigenvalue weighted by atomic mass is 9.76. The van der Waals surface area contributed by atoms with E-state index < -0.39 is 18.7 Å². The van der Waals surface area contributed by atoms with Crippen molar-refractivity contribution in [2.24, 2.45) is 5.73 Å². The third-order valence-corrected chi connectivity index (χ3v) is 2.10. The smallest absolute Gasteiger partial charge is 0.456 e. The molecule has 6 heteroatoms. The summed E-state index contributed by atoms with van der Waals surface area (Å²) in [4.78, 5) is 12.0. The molecular formula is C12H18BNO4. The lowest BCUT2D eigenvalue weighted by molar-refractivity contribution is 0.00705. The second kappa shape index (κ2) is 5.99. The minimum Gasteiger partial charge on any atom is -0.456 e. The molecule has 3 N–H and O–H groups in total. The van der Waals surface area contributed by atoms with E-state index in [0.717, 1.165) is 0 Å². The SMILES string of the molecule is CC(C)(C)OC(=O)c1ccccc1B(O)OCN. The normalized spacial score (nSPS) is 11.2. The highest BCUT2D eigenvalue weighted by atomic mass is 16.6. The van der Waals surface area contributed by atoms with Gasteiger partial charge in [-0.3, -0.25) is 0 Å². The van der Waals surface area contributed by atoms with Crippen molar-refractivity contribution < 1.29 is 19.2 Å². The highest BCUT2D eigenvalue weighted by Crippen LogP contribution is 2.11. The summed E-state index contributed by atoms with van der Waals surface area (Å²) in [5.41, 5.74) is 5.22. The zero-order valence-corrected chi connectivity index (χ0v) is 10.8. The molecule has 0 aliphatic rings. The molecule has 5 nitrogen and oxygen atoms in total. The van der Waals surface area contributed by atoms with E-state index in [2.05, 4.69) is 0 Å². The fourth-order valence-corrected chi connectivity index (χ4v) is 1.41. The van der Waals surface area contributed by atoms with Crippen LogP contribution in [0.3, 0.4) is 0 Å².